The average molecular weight is 943 g/mol. The number of carbonyl (C=O) groups excluding carboxylic acids is 7. The van der Waals surface area contributed by atoms with Crippen molar-refractivity contribution in [2.24, 2.45) is 22.7 Å². The van der Waals surface area contributed by atoms with E-state index in [0.717, 1.165) is 0 Å². The second-order valence-electron chi connectivity index (χ2n) is 20.5. The van der Waals surface area contributed by atoms with E-state index in [1.807, 2.05) is 27.7 Å². The Kier molecular flexibility index (Phi) is 19.0. The summed E-state index contributed by atoms with van der Waals surface area (Å²) in [5.41, 5.74) is -1.77. The number of fused-ring (bicyclic) bond motifs is 3. The molecule has 0 aromatic heterocycles. The summed E-state index contributed by atoms with van der Waals surface area (Å²) in [5, 5.41) is 15.3. The van der Waals surface area contributed by atoms with Crippen molar-refractivity contribution in [3.05, 3.63) is 25.3 Å². The Morgan fingerprint density at radius 3 is 1.50 bits per heavy atom. The molecule has 5 N–H and O–H groups in total. The number of nitrogens with zero attached hydrogens (tertiary/aromatic N) is 3. The molecule has 2 saturated heterocycles. The quantitative estimate of drug-likeness (QED) is 0.170. The van der Waals surface area contributed by atoms with E-state index in [1.54, 1.807) is 67.5 Å². The lowest BCUT2D eigenvalue weighted by molar-refractivity contribution is -0.146. The first-order valence-electron chi connectivity index (χ1n) is 23.8. The number of aliphatic imine (C=N–C) groups is 1. The fraction of sp³-hybridized carbons (Fsp3) is 0.750. The number of thioether (sulfide) groups is 1. The van der Waals surface area contributed by atoms with Gasteiger partial charge in [-0.1, -0.05) is 53.7 Å². The molecule has 4 aliphatic rings. The number of carbonyl (C=O) groups is 7. The Morgan fingerprint density at radius 2 is 1.05 bits per heavy atom. The van der Waals surface area contributed by atoms with Crippen molar-refractivity contribution in [3.63, 3.8) is 0 Å². The SMILES string of the molecule is C=CC(C)(C)OC(C)C1NC(=O)C2CSC(=N2)C(CC(C)C)NC(=O)C(C(C)OC(C)(C)C=C)NC(=O)C2CCCN2C(=O)C(C(C)C)NC(=O)C2CCCN2C(=O)C(CC(C)C)NC1=O. The number of ether oxygens (including phenoxy) is 2. The summed E-state index contributed by atoms with van der Waals surface area (Å²) in [5.74, 6) is -3.88. The fourth-order valence-electron chi connectivity index (χ4n) is 8.86. The molecule has 0 aliphatic carbocycles. The molecule has 7 amide bonds. The normalized spacial score (nSPS) is 29.0. The van der Waals surface area contributed by atoms with Crippen molar-refractivity contribution >= 4 is 58.2 Å². The van der Waals surface area contributed by atoms with E-state index in [4.69, 9.17) is 14.5 Å². The van der Waals surface area contributed by atoms with Gasteiger partial charge in [0.25, 0.3) is 0 Å². The molecule has 0 radical (unpaired) electrons. The molecule has 2 fully saturated rings. The highest BCUT2D eigenvalue weighted by Gasteiger charge is 2.45. The molecule has 4 heterocycles. The lowest BCUT2D eigenvalue weighted by Gasteiger charge is -2.35. The Hall–Kier alpha value is -4.29. The van der Waals surface area contributed by atoms with Crippen molar-refractivity contribution in [1.82, 2.24) is 36.4 Å². The molecule has 18 heteroatoms. The van der Waals surface area contributed by atoms with Gasteiger partial charge in [-0.15, -0.1) is 24.9 Å². The maximum Gasteiger partial charge on any atom is 0.246 e. The van der Waals surface area contributed by atoms with Crippen LogP contribution < -0.4 is 26.6 Å². The minimum absolute atomic E-state index is 0.0523. The van der Waals surface area contributed by atoms with Gasteiger partial charge >= 0.3 is 0 Å². The minimum Gasteiger partial charge on any atom is -0.366 e. The maximum atomic E-state index is 14.6. The second kappa shape index (κ2) is 23.1. The van der Waals surface area contributed by atoms with Gasteiger partial charge in [-0.3, -0.25) is 38.6 Å². The zero-order chi connectivity index (χ0) is 49.4. The van der Waals surface area contributed by atoms with E-state index in [1.165, 1.54) is 21.6 Å². The molecule has 0 saturated carbocycles. The van der Waals surface area contributed by atoms with Crippen LogP contribution in [0.25, 0.3) is 0 Å². The maximum absolute atomic E-state index is 14.6. The topological polar surface area (TPSA) is 217 Å². The number of hydrogen-bond donors (Lipinski definition) is 5. The van der Waals surface area contributed by atoms with Crippen molar-refractivity contribution in [1.29, 1.82) is 0 Å². The van der Waals surface area contributed by atoms with Crippen LogP contribution in [0.5, 0.6) is 0 Å². The van der Waals surface area contributed by atoms with Crippen molar-refractivity contribution < 1.29 is 43.0 Å². The van der Waals surface area contributed by atoms with Gasteiger partial charge in [0.2, 0.25) is 41.4 Å². The van der Waals surface area contributed by atoms with Crippen LogP contribution in [0.15, 0.2) is 30.3 Å². The molecule has 0 spiro atoms. The van der Waals surface area contributed by atoms with Crippen LogP contribution in [0, 0.1) is 17.8 Å². The number of hydrogen-bond acceptors (Lipinski definition) is 11. The van der Waals surface area contributed by atoms with Crippen LogP contribution in [0.4, 0.5) is 0 Å². The molecular weight excluding hydrogens is 865 g/mol. The van der Waals surface area contributed by atoms with Crippen molar-refractivity contribution in [3.8, 4) is 0 Å². The van der Waals surface area contributed by atoms with Crippen molar-refractivity contribution in [2.75, 3.05) is 18.8 Å². The highest BCUT2D eigenvalue weighted by atomic mass is 32.2. The van der Waals surface area contributed by atoms with Gasteiger partial charge in [-0.2, -0.15) is 0 Å². The minimum atomic E-state index is -1.28. The second-order valence-corrected chi connectivity index (χ2v) is 21.6. The predicted octanol–water partition coefficient (Wildman–Crippen LogP) is 3.41. The fourth-order valence-corrected chi connectivity index (χ4v) is 9.97. The molecule has 4 rings (SSSR count). The largest absolute Gasteiger partial charge is 0.366 e. The molecule has 17 nitrogen and oxygen atoms in total. The van der Waals surface area contributed by atoms with Crippen LogP contribution in [-0.4, -0.2) is 147 Å². The van der Waals surface area contributed by atoms with E-state index >= 15 is 0 Å². The summed E-state index contributed by atoms with van der Waals surface area (Å²) < 4.78 is 12.5. The molecular formula is C48H78N8O9S. The third kappa shape index (κ3) is 14.1. The van der Waals surface area contributed by atoms with Gasteiger partial charge in [0.05, 0.1) is 34.5 Å². The first-order chi connectivity index (χ1) is 30.8. The molecule has 0 aromatic carbocycles. The van der Waals surface area contributed by atoms with Crippen LogP contribution in [0.1, 0.15) is 122 Å². The van der Waals surface area contributed by atoms with E-state index < -0.39 is 119 Å². The molecule has 2 bridgehead atoms. The van der Waals surface area contributed by atoms with Gasteiger partial charge in [-0.05, 0) is 97.8 Å². The summed E-state index contributed by atoms with van der Waals surface area (Å²) in [6.07, 6.45) is 3.79. The van der Waals surface area contributed by atoms with Crippen LogP contribution in [-0.2, 0) is 43.0 Å². The molecule has 66 heavy (non-hydrogen) atoms. The number of nitrogens with one attached hydrogen (secondary N) is 5. The van der Waals surface area contributed by atoms with E-state index in [-0.39, 0.29) is 37.1 Å². The predicted molar refractivity (Wildman–Crippen MR) is 256 cm³/mol. The monoisotopic (exact) mass is 943 g/mol. The number of rotatable bonds is 13. The molecule has 0 aromatic rings. The Labute approximate surface area is 396 Å². The Bertz CT molecular complexity index is 1850. The average Bonchev–Trinajstić information content (AvgIpc) is 4.03. The first-order valence-corrected chi connectivity index (χ1v) is 24.7. The van der Waals surface area contributed by atoms with Gasteiger partial charge in [0, 0.05) is 18.8 Å². The van der Waals surface area contributed by atoms with E-state index in [0.29, 0.717) is 37.1 Å². The smallest absolute Gasteiger partial charge is 0.246 e. The van der Waals surface area contributed by atoms with E-state index in [9.17, 15) is 33.6 Å². The number of amides is 7. The van der Waals surface area contributed by atoms with Gasteiger partial charge in [0.1, 0.15) is 42.3 Å². The Morgan fingerprint density at radius 1 is 0.621 bits per heavy atom. The van der Waals surface area contributed by atoms with Gasteiger partial charge in [0.15, 0.2) is 0 Å². The highest BCUT2D eigenvalue weighted by molar-refractivity contribution is 8.14. The summed E-state index contributed by atoms with van der Waals surface area (Å²) >= 11 is 1.32. The molecule has 10 atom stereocenters. The molecule has 370 valence electrons. The third-order valence-electron chi connectivity index (χ3n) is 12.6. The first kappa shape index (κ1) is 54.3. The van der Waals surface area contributed by atoms with Crippen molar-refractivity contribution in [2.45, 2.75) is 193 Å². The van der Waals surface area contributed by atoms with Crippen LogP contribution in [0.3, 0.4) is 0 Å². The van der Waals surface area contributed by atoms with Gasteiger partial charge in [-0.25, -0.2) is 0 Å². The van der Waals surface area contributed by atoms with E-state index in [2.05, 4.69) is 39.7 Å². The summed E-state index contributed by atoms with van der Waals surface area (Å²) in [6, 6.07) is -8.08. The lowest BCUT2D eigenvalue weighted by Crippen LogP contribution is -2.62. The summed E-state index contributed by atoms with van der Waals surface area (Å²) in [7, 11) is 0. The van der Waals surface area contributed by atoms with Crippen LogP contribution in [0.2, 0.25) is 0 Å². The zero-order valence-corrected chi connectivity index (χ0v) is 42.2. The standard InChI is InChI=1S/C48H78N8O9S/c1-15-47(11,12)64-29(9)37-43(61)50-32(24-27(5)6)45(62)55-21-17-19-34(55)40(58)52-36(28(7)8)46(63)56-22-18-20-35(56)41(59)54-38(30(10)65-48(13,14)16-2)42(60)49-31(23-26(3)4)44-51-33(25-66-44)39(57)53-37/h15-16,26-38H,1-2,17-25H2,3-14H3,(H,49,60)(H,50,61)(H,52,58)(H,53,57)(H,54,59). The summed E-state index contributed by atoms with van der Waals surface area (Å²) in [6.45, 7) is 30.1. The van der Waals surface area contributed by atoms with Gasteiger partial charge < -0.3 is 45.9 Å². The Balaban J connectivity index is 1.84. The molecule has 10 unspecified atom stereocenters. The molecule has 4 aliphatic heterocycles. The third-order valence-corrected chi connectivity index (χ3v) is 13.8. The van der Waals surface area contributed by atoms with Crippen LogP contribution >= 0.6 is 11.8 Å². The zero-order valence-electron chi connectivity index (χ0n) is 41.4. The highest BCUT2D eigenvalue weighted by Crippen LogP contribution is 2.27. The summed E-state index contributed by atoms with van der Waals surface area (Å²) in [4.78, 5) is 109. The lowest BCUT2D eigenvalue weighted by atomic mass is 9.99.